The van der Waals surface area contributed by atoms with Crippen molar-refractivity contribution >= 4 is 29.0 Å². The number of aromatic nitrogens is 2. The van der Waals surface area contributed by atoms with Gasteiger partial charge in [-0.25, -0.2) is 9.97 Å². The zero-order valence-electron chi connectivity index (χ0n) is 9.58. The smallest absolute Gasteiger partial charge is 0.163 e. The summed E-state index contributed by atoms with van der Waals surface area (Å²) < 4.78 is 0. The predicted molar refractivity (Wildman–Crippen MR) is 73.9 cm³/mol. The van der Waals surface area contributed by atoms with Crippen molar-refractivity contribution in [3.05, 3.63) is 39.5 Å². The van der Waals surface area contributed by atoms with Gasteiger partial charge in [-0.2, -0.15) is 0 Å². The molecule has 1 aromatic carbocycles. The molecule has 92 valence electrons. The van der Waals surface area contributed by atoms with Crippen LogP contribution in [-0.4, -0.2) is 9.97 Å². The van der Waals surface area contributed by atoms with Crippen LogP contribution < -0.4 is 5.73 Å². The van der Waals surface area contributed by atoms with E-state index in [0.717, 1.165) is 36.1 Å². The van der Waals surface area contributed by atoms with Gasteiger partial charge in [0.25, 0.3) is 0 Å². The molecule has 1 aliphatic rings. The average molecular weight is 280 g/mol. The first-order valence-electron chi connectivity index (χ1n) is 5.76. The Labute approximate surface area is 115 Å². The van der Waals surface area contributed by atoms with Crippen molar-refractivity contribution in [1.29, 1.82) is 0 Å². The minimum Gasteiger partial charge on any atom is -0.383 e. The third-order valence-corrected chi connectivity index (χ3v) is 3.98. The standard InChI is InChI=1S/C13H11Cl2N3/c14-9-5-1-4-8(11(9)15)13-17-10-6-2-3-7(10)12(16)18-13/h1,4-5H,2-3,6H2,(H2,16,17,18). The lowest BCUT2D eigenvalue weighted by molar-refractivity contribution is 0.900. The SMILES string of the molecule is Nc1nc(-c2cccc(Cl)c2Cl)nc2c1CCC2. The van der Waals surface area contributed by atoms with Gasteiger partial charge in [-0.1, -0.05) is 29.3 Å². The van der Waals surface area contributed by atoms with E-state index in [1.807, 2.05) is 12.1 Å². The maximum absolute atomic E-state index is 6.18. The van der Waals surface area contributed by atoms with Gasteiger partial charge in [-0.15, -0.1) is 0 Å². The van der Waals surface area contributed by atoms with Gasteiger partial charge in [0, 0.05) is 16.8 Å². The number of benzene rings is 1. The number of hydrogen-bond donors (Lipinski definition) is 1. The summed E-state index contributed by atoms with van der Waals surface area (Å²) >= 11 is 12.2. The van der Waals surface area contributed by atoms with Crippen LogP contribution in [0.5, 0.6) is 0 Å². The Kier molecular flexibility index (Phi) is 2.88. The Balaban J connectivity index is 2.18. The number of rotatable bonds is 1. The highest BCUT2D eigenvalue weighted by Crippen LogP contribution is 2.34. The number of aryl methyl sites for hydroxylation is 1. The summed E-state index contributed by atoms with van der Waals surface area (Å²) in [6.07, 6.45) is 3.00. The van der Waals surface area contributed by atoms with Gasteiger partial charge in [0.05, 0.1) is 10.0 Å². The molecule has 5 heteroatoms. The molecule has 1 aliphatic carbocycles. The lowest BCUT2D eigenvalue weighted by atomic mass is 10.2. The van der Waals surface area contributed by atoms with Crippen LogP contribution in [0.4, 0.5) is 5.82 Å². The normalized spacial score (nSPS) is 13.7. The van der Waals surface area contributed by atoms with Crippen molar-refractivity contribution in [1.82, 2.24) is 9.97 Å². The van der Waals surface area contributed by atoms with Crippen molar-refractivity contribution < 1.29 is 0 Å². The van der Waals surface area contributed by atoms with Crippen LogP contribution in [0.25, 0.3) is 11.4 Å². The molecule has 2 N–H and O–H groups in total. The van der Waals surface area contributed by atoms with Crippen LogP contribution in [0.3, 0.4) is 0 Å². The molecule has 0 unspecified atom stereocenters. The lowest BCUT2D eigenvalue weighted by Crippen LogP contribution is -2.03. The maximum atomic E-state index is 6.18. The topological polar surface area (TPSA) is 51.8 Å². The first kappa shape index (κ1) is 11.8. The summed E-state index contributed by atoms with van der Waals surface area (Å²) in [7, 11) is 0. The predicted octanol–water partition coefficient (Wildman–Crippen LogP) is 3.52. The molecule has 3 rings (SSSR count). The van der Waals surface area contributed by atoms with E-state index in [0.29, 0.717) is 21.7 Å². The van der Waals surface area contributed by atoms with E-state index < -0.39 is 0 Å². The number of nitrogens with two attached hydrogens (primary N) is 1. The minimum atomic E-state index is 0.469. The molecule has 0 saturated heterocycles. The number of nitrogen functional groups attached to an aromatic ring is 1. The summed E-state index contributed by atoms with van der Waals surface area (Å²) in [4.78, 5) is 8.89. The molecular formula is C13H11Cl2N3. The van der Waals surface area contributed by atoms with Gasteiger partial charge < -0.3 is 5.73 Å². The Bertz CT molecular complexity index is 626. The molecule has 0 bridgehead atoms. The number of anilines is 1. The zero-order chi connectivity index (χ0) is 12.7. The summed E-state index contributed by atoms with van der Waals surface area (Å²) in [6, 6.07) is 5.42. The third-order valence-electron chi connectivity index (χ3n) is 3.16. The van der Waals surface area contributed by atoms with E-state index in [4.69, 9.17) is 28.9 Å². The molecule has 0 spiro atoms. The van der Waals surface area contributed by atoms with Gasteiger partial charge in [0.15, 0.2) is 5.82 Å². The summed E-state index contributed by atoms with van der Waals surface area (Å²) in [6.45, 7) is 0. The summed E-state index contributed by atoms with van der Waals surface area (Å²) in [5, 5.41) is 0.966. The molecule has 0 amide bonds. The second-order valence-electron chi connectivity index (χ2n) is 4.31. The van der Waals surface area contributed by atoms with Crippen LogP contribution >= 0.6 is 23.2 Å². The monoisotopic (exact) mass is 279 g/mol. The van der Waals surface area contributed by atoms with Gasteiger partial charge >= 0.3 is 0 Å². The molecule has 2 aromatic rings. The Morgan fingerprint density at radius 2 is 1.94 bits per heavy atom. The second-order valence-corrected chi connectivity index (χ2v) is 5.10. The molecule has 3 nitrogen and oxygen atoms in total. The van der Waals surface area contributed by atoms with Crippen molar-refractivity contribution in [3.63, 3.8) is 0 Å². The van der Waals surface area contributed by atoms with Crippen LogP contribution in [0.2, 0.25) is 10.0 Å². The lowest BCUT2D eigenvalue weighted by Gasteiger charge is -2.08. The van der Waals surface area contributed by atoms with Crippen molar-refractivity contribution in [2.45, 2.75) is 19.3 Å². The summed E-state index contributed by atoms with van der Waals surface area (Å²) in [5.41, 5.74) is 8.81. The zero-order valence-corrected chi connectivity index (χ0v) is 11.1. The van der Waals surface area contributed by atoms with Gasteiger partial charge in [0.2, 0.25) is 0 Å². The molecule has 18 heavy (non-hydrogen) atoms. The van der Waals surface area contributed by atoms with E-state index in [1.54, 1.807) is 6.07 Å². The number of halogens is 2. The van der Waals surface area contributed by atoms with Crippen LogP contribution in [0.1, 0.15) is 17.7 Å². The van der Waals surface area contributed by atoms with Crippen molar-refractivity contribution in [2.24, 2.45) is 0 Å². The molecule has 1 aromatic heterocycles. The van der Waals surface area contributed by atoms with Gasteiger partial charge in [0.1, 0.15) is 5.82 Å². The first-order valence-corrected chi connectivity index (χ1v) is 6.52. The third kappa shape index (κ3) is 1.84. The van der Waals surface area contributed by atoms with E-state index >= 15 is 0 Å². The fourth-order valence-electron chi connectivity index (χ4n) is 2.26. The van der Waals surface area contributed by atoms with E-state index in [9.17, 15) is 0 Å². The average Bonchev–Trinajstić information content (AvgIpc) is 2.81. The number of fused-ring (bicyclic) bond motifs is 1. The summed E-state index contributed by atoms with van der Waals surface area (Å²) in [5.74, 6) is 1.11. The Morgan fingerprint density at radius 3 is 2.78 bits per heavy atom. The highest BCUT2D eigenvalue weighted by molar-refractivity contribution is 6.43. The van der Waals surface area contributed by atoms with Crippen molar-refractivity contribution in [3.8, 4) is 11.4 Å². The van der Waals surface area contributed by atoms with Crippen LogP contribution in [-0.2, 0) is 12.8 Å². The number of hydrogen-bond acceptors (Lipinski definition) is 3. The highest BCUT2D eigenvalue weighted by atomic mass is 35.5. The molecule has 0 aliphatic heterocycles. The van der Waals surface area contributed by atoms with Gasteiger partial charge in [-0.05, 0) is 31.4 Å². The van der Waals surface area contributed by atoms with E-state index in [-0.39, 0.29) is 0 Å². The van der Waals surface area contributed by atoms with E-state index in [1.165, 1.54) is 0 Å². The maximum Gasteiger partial charge on any atom is 0.163 e. The first-order chi connectivity index (χ1) is 8.66. The molecule has 0 radical (unpaired) electrons. The molecule has 0 saturated carbocycles. The largest absolute Gasteiger partial charge is 0.383 e. The van der Waals surface area contributed by atoms with Gasteiger partial charge in [-0.3, -0.25) is 0 Å². The molecule has 1 heterocycles. The van der Waals surface area contributed by atoms with Crippen LogP contribution in [0, 0.1) is 0 Å². The van der Waals surface area contributed by atoms with Crippen molar-refractivity contribution in [2.75, 3.05) is 5.73 Å². The Morgan fingerprint density at radius 1 is 1.11 bits per heavy atom. The molecular weight excluding hydrogens is 269 g/mol. The minimum absolute atomic E-state index is 0.469. The van der Waals surface area contributed by atoms with Crippen LogP contribution in [0.15, 0.2) is 18.2 Å². The Hall–Kier alpha value is -1.32. The fraction of sp³-hybridized carbons (Fsp3) is 0.231. The molecule has 0 atom stereocenters. The second kappa shape index (κ2) is 4.41. The van der Waals surface area contributed by atoms with E-state index in [2.05, 4.69) is 9.97 Å². The highest BCUT2D eigenvalue weighted by Gasteiger charge is 2.19. The fourth-order valence-corrected chi connectivity index (χ4v) is 2.64. The molecule has 0 fully saturated rings. The number of nitrogens with zero attached hydrogens (tertiary/aromatic N) is 2. The quantitative estimate of drug-likeness (QED) is 0.869.